The number of hydrogen-bond donors (Lipinski definition) is 0. The van der Waals surface area contributed by atoms with Crippen molar-refractivity contribution in [1.82, 2.24) is 19.2 Å². The number of fused-ring (bicyclic) bond motifs is 3. The summed E-state index contributed by atoms with van der Waals surface area (Å²) in [4.78, 5) is 18.2. The van der Waals surface area contributed by atoms with Gasteiger partial charge in [0.2, 0.25) is 0 Å². The first kappa shape index (κ1) is 21.5. The highest BCUT2D eigenvalue weighted by Gasteiger charge is 2.19. The molecule has 2 aromatic carbocycles. The average molecular weight is 457 g/mol. The van der Waals surface area contributed by atoms with Gasteiger partial charge in [0.25, 0.3) is 5.56 Å². The van der Waals surface area contributed by atoms with E-state index in [1.807, 2.05) is 30.3 Å². The SMILES string of the molecule is CCc1nn2c(ncc3c(=O)n(-c4cc(OC)ccc4OC)ccc32)c1-c1ccc(OC)cc1. The van der Waals surface area contributed by atoms with Crippen LogP contribution in [0.4, 0.5) is 0 Å². The van der Waals surface area contributed by atoms with E-state index in [-0.39, 0.29) is 5.56 Å². The molecule has 3 heterocycles. The van der Waals surface area contributed by atoms with E-state index in [9.17, 15) is 4.79 Å². The summed E-state index contributed by atoms with van der Waals surface area (Å²) in [5.74, 6) is 1.97. The fourth-order valence-corrected chi connectivity index (χ4v) is 4.19. The van der Waals surface area contributed by atoms with Crippen LogP contribution in [0.25, 0.3) is 33.4 Å². The van der Waals surface area contributed by atoms with Gasteiger partial charge in [-0.15, -0.1) is 0 Å². The van der Waals surface area contributed by atoms with E-state index in [1.165, 1.54) is 4.57 Å². The van der Waals surface area contributed by atoms with Crippen LogP contribution in [0, 0.1) is 0 Å². The molecule has 5 rings (SSSR count). The second-order valence-corrected chi connectivity index (χ2v) is 7.72. The average Bonchev–Trinajstić information content (AvgIpc) is 3.27. The van der Waals surface area contributed by atoms with Crippen LogP contribution in [0.2, 0.25) is 0 Å². The van der Waals surface area contributed by atoms with Crippen molar-refractivity contribution in [3.63, 3.8) is 0 Å². The van der Waals surface area contributed by atoms with Crippen LogP contribution in [-0.2, 0) is 6.42 Å². The number of rotatable bonds is 6. The summed E-state index contributed by atoms with van der Waals surface area (Å²) in [7, 11) is 4.79. The molecule has 8 heteroatoms. The van der Waals surface area contributed by atoms with Gasteiger partial charge >= 0.3 is 0 Å². The Balaban J connectivity index is 1.74. The predicted octanol–water partition coefficient (Wildman–Crippen LogP) is 4.29. The lowest BCUT2D eigenvalue weighted by Crippen LogP contribution is -2.19. The maximum absolute atomic E-state index is 13.5. The van der Waals surface area contributed by atoms with Crippen molar-refractivity contribution in [2.75, 3.05) is 21.3 Å². The zero-order valence-corrected chi connectivity index (χ0v) is 19.4. The van der Waals surface area contributed by atoms with E-state index >= 15 is 0 Å². The molecule has 172 valence electrons. The molecule has 0 N–H and O–H groups in total. The van der Waals surface area contributed by atoms with Crippen molar-refractivity contribution in [2.24, 2.45) is 0 Å². The molecule has 0 atom stereocenters. The quantitative estimate of drug-likeness (QED) is 0.379. The van der Waals surface area contributed by atoms with Gasteiger partial charge in [-0.1, -0.05) is 19.1 Å². The summed E-state index contributed by atoms with van der Waals surface area (Å²) in [5, 5.41) is 5.26. The minimum atomic E-state index is -0.224. The molecule has 0 spiro atoms. The van der Waals surface area contributed by atoms with Crippen LogP contribution < -0.4 is 19.8 Å². The van der Waals surface area contributed by atoms with Crippen LogP contribution in [-0.4, -0.2) is 40.5 Å². The molecular weight excluding hydrogens is 432 g/mol. The van der Waals surface area contributed by atoms with Gasteiger partial charge in [0.1, 0.15) is 17.2 Å². The molecule has 0 amide bonds. The Bertz CT molecular complexity index is 1570. The summed E-state index contributed by atoms with van der Waals surface area (Å²) in [6.07, 6.45) is 4.07. The number of benzene rings is 2. The molecule has 0 saturated carbocycles. The third-order valence-electron chi connectivity index (χ3n) is 5.94. The van der Waals surface area contributed by atoms with Crippen molar-refractivity contribution >= 4 is 16.6 Å². The van der Waals surface area contributed by atoms with E-state index < -0.39 is 0 Å². The van der Waals surface area contributed by atoms with Gasteiger partial charge in [-0.3, -0.25) is 9.36 Å². The van der Waals surface area contributed by atoms with E-state index in [1.54, 1.807) is 56.4 Å². The topological polar surface area (TPSA) is 79.9 Å². The summed E-state index contributed by atoms with van der Waals surface area (Å²) in [5.41, 5.74) is 4.59. The first-order valence-corrected chi connectivity index (χ1v) is 10.9. The van der Waals surface area contributed by atoms with Crippen LogP contribution in [0.1, 0.15) is 12.6 Å². The lowest BCUT2D eigenvalue weighted by molar-refractivity contribution is 0.401. The van der Waals surface area contributed by atoms with Gasteiger partial charge in [0, 0.05) is 24.0 Å². The minimum absolute atomic E-state index is 0.224. The summed E-state index contributed by atoms with van der Waals surface area (Å²) in [6.45, 7) is 2.05. The molecule has 0 unspecified atom stereocenters. The number of ether oxygens (including phenoxy) is 3. The molecule has 0 aliphatic heterocycles. The second kappa shape index (κ2) is 8.55. The fraction of sp³-hybridized carbons (Fsp3) is 0.192. The third kappa shape index (κ3) is 3.35. The number of pyridine rings is 1. The molecule has 5 aromatic rings. The van der Waals surface area contributed by atoms with Crippen LogP contribution in [0.5, 0.6) is 17.2 Å². The lowest BCUT2D eigenvalue weighted by Gasteiger charge is -2.13. The Morgan fingerprint density at radius 2 is 1.65 bits per heavy atom. The number of nitrogens with zero attached hydrogens (tertiary/aromatic N) is 4. The molecule has 3 aromatic heterocycles. The normalized spacial score (nSPS) is 11.2. The first-order valence-electron chi connectivity index (χ1n) is 10.9. The molecule has 0 aliphatic rings. The number of hydrogen-bond acceptors (Lipinski definition) is 6. The molecule has 0 bridgehead atoms. The van der Waals surface area contributed by atoms with Crippen molar-refractivity contribution in [3.05, 3.63) is 77.0 Å². The minimum Gasteiger partial charge on any atom is -0.497 e. The number of aryl methyl sites for hydroxylation is 1. The largest absolute Gasteiger partial charge is 0.497 e. The van der Waals surface area contributed by atoms with Crippen molar-refractivity contribution in [3.8, 4) is 34.1 Å². The number of aromatic nitrogens is 4. The first-order chi connectivity index (χ1) is 16.6. The van der Waals surface area contributed by atoms with E-state index in [0.29, 0.717) is 33.7 Å². The predicted molar refractivity (Wildman–Crippen MR) is 131 cm³/mol. The van der Waals surface area contributed by atoms with Crippen LogP contribution >= 0.6 is 0 Å². The van der Waals surface area contributed by atoms with Crippen molar-refractivity contribution < 1.29 is 14.2 Å². The molecule has 0 aliphatic carbocycles. The lowest BCUT2D eigenvalue weighted by atomic mass is 10.0. The Morgan fingerprint density at radius 1 is 0.912 bits per heavy atom. The molecule has 34 heavy (non-hydrogen) atoms. The summed E-state index contributed by atoms with van der Waals surface area (Å²) >= 11 is 0. The molecule has 0 radical (unpaired) electrons. The van der Waals surface area contributed by atoms with E-state index in [2.05, 4.69) is 11.9 Å². The number of methoxy groups -OCH3 is 3. The smallest absolute Gasteiger partial charge is 0.266 e. The maximum Gasteiger partial charge on any atom is 0.266 e. The maximum atomic E-state index is 13.5. The van der Waals surface area contributed by atoms with Crippen LogP contribution in [0.15, 0.2) is 65.7 Å². The van der Waals surface area contributed by atoms with Gasteiger partial charge in [-0.05, 0) is 42.3 Å². The van der Waals surface area contributed by atoms with Gasteiger partial charge in [0.05, 0.1) is 43.6 Å². The summed E-state index contributed by atoms with van der Waals surface area (Å²) < 4.78 is 19.4. The second-order valence-electron chi connectivity index (χ2n) is 7.72. The Kier molecular flexibility index (Phi) is 5.41. The van der Waals surface area contributed by atoms with Crippen molar-refractivity contribution in [2.45, 2.75) is 13.3 Å². The Labute approximate surface area is 196 Å². The molecule has 8 nitrogen and oxygen atoms in total. The van der Waals surface area contributed by atoms with E-state index in [0.717, 1.165) is 29.0 Å². The van der Waals surface area contributed by atoms with Crippen LogP contribution in [0.3, 0.4) is 0 Å². The van der Waals surface area contributed by atoms with Crippen molar-refractivity contribution in [1.29, 1.82) is 0 Å². The summed E-state index contributed by atoms with van der Waals surface area (Å²) in [6, 6.07) is 15.0. The van der Waals surface area contributed by atoms with Gasteiger partial charge in [-0.25, -0.2) is 9.50 Å². The zero-order valence-electron chi connectivity index (χ0n) is 19.4. The molecule has 0 fully saturated rings. The molecule has 0 saturated heterocycles. The molecular formula is C26H24N4O4. The standard InChI is InChI=1S/C26H24N4O4/c1-5-20-24(16-6-8-17(32-2)9-7-16)25-27-15-19-21(30(25)28-20)12-13-29(26(19)31)22-14-18(33-3)10-11-23(22)34-4/h6-15H,5H2,1-4H3. The highest BCUT2D eigenvalue weighted by molar-refractivity contribution is 5.87. The Morgan fingerprint density at radius 3 is 2.32 bits per heavy atom. The van der Waals surface area contributed by atoms with E-state index in [4.69, 9.17) is 19.3 Å². The third-order valence-corrected chi connectivity index (χ3v) is 5.94. The Hall–Kier alpha value is -4.33. The van der Waals surface area contributed by atoms with Gasteiger partial charge in [0.15, 0.2) is 5.65 Å². The zero-order chi connectivity index (χ0) is 23.8. The fourth-order valence-electron chi connectivity index (χ4n) is 4.19. The van der Waals surface area contributed by atoms with Gasteiger partial charge < -0.3 is 14.2 Å². The van der Waals surface area contributed by atoms with Gasteiger partial charge in [-0.2, -0.15) is 5.10 Å². The highest BCUT2D eigenvalue weighted by atomic mass is 16.5. The highest BCUT2D eigenvalue weighted by Crippen LogP contribution is 2.31. The monoisotopic (exact) mass is 456 g/mol.